The van der Waals surface area contributed by atoms with Crippen LogP contribution in [0.3, 0.4) is 0 Å². The fourth-order valence-corrected chi connectivity index (χ4v) is 2.79. The van der Waals surface area contributed by atoms with Crippen LogP contribution in [0.15, 0.2) is 18.2 Å². The topological polar surface area (TPSA) is 53.2 Å². The molecule has 116 valence electrons. The number of hydrogen-bond donors (Lipinski definition) is 3. The third-order valence-corrected chi connectivity index (χ3v) is 3.74. The third-order valence-electron chi connectivity index (χ3n) is 3.74. The molecule has 1 aliphatic rings. The van der Waals surface area contributed by atoms with Crippen LogP contribution in [0, 0.1) is 5.82 Å². The van der Waals surface area contributed by atoms with Gasteiger partial charge in [0.2, 0.25) is 5.91 Å². The number of benzene rings is 1. The van der Waals surface area contributed by atoms with Gasteiger partial charge in [-0.15, -0.1) is 0 Å². The van der Waals surface area contributed by atoms with Gasteiger partial charge in [0.25, 0.3) is 0 Å². The number of halogens is 1. The number of rotatable bonds is 5. The molecule has 2 unspecified atom stereocenters. The molecule has 0 bridgehead atoms. The molecule has 0 spiro atoms. The van der Waals surface area contributed by atoms with E-state index in [2.05, 4.69) is 22.9 Å². The van der Waals surface area contributed by atoms with Gasteiger partial charge >= 0.3 is 0 Å². The monoisotopic (exact) mass is 293 g/mol. The van der Waals surface area contributed by atoms with Gasteiger partial charge in [-0.1, -0.05) is 6.42 Å². The zero-order valence-corrected chi connectivity index (χ0v) is 12.7. The molecule has 0 radical (unpaired) electrons. The van der Waals surface area contributed by atoms with Crippen molar-refractivity contribution in [1.29, 1.82) is 0 Å². The summed E-state index contributed by atoms with van der Waals surface area (Å²) in [5, 5.41) is 9.37. The predicted molar refractivity (Wildman–Crippen MR) is 84.0 cm³/mol. The number of carbonyl (C=O) groups excluding carboxylic acids is 1. The lowest BCUT2D eigenvalue weighted by molar-refractivity contribution is -0.114. The summed E-state index contributed by atoms with van der Waals surface area (Å²) in [6, 6.07) is 5.25. The molecule has 0 saturated carbocycles. The average Bonchev–Trinajstić information content (AvgIpc) is 2.43. The number of hydrogen-bond acceptors (Lipinski definition) is 3. The minimum atomic E-state index is -0.299. The van der Waals surface area contributed by atoms with Crippen molar-refractivity contribution < 1.29 is 9.18 Å². The summed E-state index contributed by atoms with van der Waals surface area (Å²) in [7, 11) is 0. The Balaban J connectivity index is 1.95. The number of anilines is 2. The quantitative estimate of drug-likeness (QED) is 0.782. The Morgan fingerprint density at radius 3 is 2.95 bits per heavy atom. The number of carbonyl (C=O) groups is 1. The molecule has 4 nitrogen and oxygen atoms in total. The zero-order chi connectivity index (χ0) is 15.2. The minimum absolute atomic E-state index is 0.160. The summed E-state index contributed by atoms with van der Waals surface area (Å²) in [4.78, 5) is 11.1. The second-order valence-electron chi connectivity index (χ2n) is 5.80. The van der Waals surface area contributed by atoms with Crippen molar-refractivity contribution in [1.82, 2.24) is 5.32 Å². The molecule has 1 heterocycles. The molecule has 0 aliphatic carbocycles. The van der Waals surface area contributed by atoms with Crippen molar-refractivity contribution in [3.63, 3.8) is 0 Å². The highest BCUT2D eigenvalue weighted by atomic mass is 19.1. The van der Waals surface area contributed by atoms with Crippen molar-refractivity contribution in [2.45, 2.75) is 51.6 Å². The summed E-state index contributed by atoms with van der Waals surface area (Å²) in [6.45, 7) is 4.57. The maximum absolute atomic E-state index is 13.9. The zero-order valence-electron chi connectivity index (χ0n) is 12.7. The summed E-state index contributed by atoms with van der Waals surface area (Å²) < 4.78 is 13.9. The fourth-order valence-electron chi connectivity index (χ4n) is 2.79. The summed E-state index contributed by atoms with van der Waals surface area (Å²) in [5.74, 6) is -0.459. The van der Waals surface area contributed by atoms with Crippen LogP contribution < -0.4 is 16.0 Å². The molecule has 1 amide bonds. The first-order chi connectivity index (χ1) is 10.0. The Morgan fingerprint density at radius 2 is 2.29 bits per heavy atom. The van der Waals surface area contributed by atoms with E-state index in [1.807, 2.05) is 0 Å². The van der Waals surface area contributed by atoms with E-state index in [1.165, 1.54) is 32.3 Å². The predicted octanol–water partition coefficient (Wildman–Crippen LogP) is 3.12. The minimum Gasteiger partial charge on any atom is -0.380 e. The molecule has 21 heavy (non-hydrogen) atoms. The lowest BCUT2D eigenvalue weighted by Crippen LogP contribution is -2.37. The van der Waals surface area contributed by atoms with E-state index in [-0.39, 0.29) is 17.8 Å². The standard InChI is InChI=1S/C16H24FN3O/c1-11(9-13-5-3-4-8-18-13)19-16-10-14(20-12(2)21)6-7-15(16)17/h6-7,10-11,13,18-19H,3-5,8-9H2,1-2H3,(H,20,21). The van der Waals surface area contributed by atoms with E-state index in [9.17, 15) is 9.18 Å². The first-order valence-electron chi connectivity index (χ1n) is 7.61. The van der Waals surface area contributed by atoms with Crippen LogP contribution >= 0.6 is 0 Å². The Labute approximate surface area is 125 Å². The average molecular weight is 293 g/mol. The molecule has 1 aromatic rings. The van der Waals surface area contributed by atoms with Gasteiger partial charge in [0.15, 0.2) is 0 Å². The smallest absolute Gasteiger partial charge is 0.221 e. The van der Waals surface area contributed by atoms with Gasteiger partial charge in [-0.2, -0.15) is 0 Å². The van der Waals surface area contributed by atoms with Crippen LogP contribution in [-0.2, 0) is 4.79 Å². The van der Waals surface area contributed by atoms with Crippen molar-refractivity contribution in [2.24, 2.45) is 0 Å². The summed E-state index contributed by atoms with van der Waals surface area (Å²) in [5.41, 5.74) is 1.04. The lowest BCUT2D eigenvalue weighted by atomic mass is 9.98. The number of nitrogens with one attached hydrogen (secondary N) is 3. The van der Waals surface area contributed by atoms with E-state index in [4.69, 9.17) is 0 Å². The Bertz CT molecular complexity index is 486. The van der Waals surface area contributed by atoms with E-state index in [0.717, 1.165) is 13.0 Å². The van der Waals surface area contributed by atoms with Crippen LogP contribution in [-0.4, -0.2) is 24.5 Å². The number of amides is 1. The third kappa shape index (κ3) is 5.01. The van der Waals surface area contributed by atoms with Crippen molar-refractivity contribution in [3.05, 3.63) is 24.0 Å². The summed E-state index contributed by atoms with van der Waals surface area (Å²) in [6.07, 6.45) is 4.65. The first kappa shape index (κ1) is 15.8. The van der Waals surface area contributed by atoms with Crippen LogP contribution in [0.25, 0.3) is 0 Å². The molecule has 3 N–H and O–H groups in total. The lowest BCUT2D eigenvalue weighted by Gasteiger charge is -2.27. The van der Waals surface area contributed by atoms with Crippen LogP contribution in [0.4, 0.5) is 15.8 Å². The fraction of sp³-hybridized carbons (Fsp3) is 0.562. The van der Waals surface area contributed by atoms with Gasteiger partial charge in [-0.05, 0) is 50.9 Å². The molecule has 0 aromatic heterocycles. The van der Waals surface area contributed by atoms with Crippen LogP contribution in [0.2, 0.25) is 0 Å². The molecule has 5 heteroatoms. The largest absolute Gasteiger partial charge is 0.380 e. The van der Waals surface area contributed by atoms with Crippen molar-refractivity contribution >= 4 is 17.3 Å². The van der Waals surface area contributed by atoms with Crippen molar-refractivity contribution in [3.8, 4) is 0 Å². The van der Waals surface area contributed by atoms with E-state index < -0.39 is 0 Å². The van der Waals surface area contributed by atoms with E-state index in [1.54, 1.807) is 12.1 Å². The summed E-state index contributed by atoms with van der Waals surface area (Å²) >= 11 is 0. The van der Waals surface area contributed by atoms with Gasteiger partial charge < -0.3 is 16.0 Å². The van der Waals surface area contributed by atoms with Gasteiger partial charge in [-0.25, -0.2) is 4.39 Å². The Hall–Kier alpha value is -1.62. The maximum atomic E-state index is 13.9. The van der Waals surface area contributed by atoms with E-state index in [0.29, 0.717) is 17.4 Å². The van der Waals surface area contributed by atoms with Crippen molar-refractivity contribution in [2.75, 3.05) is 17.2 Å². The highest BCUT2D eigenvalue weighted by molar-refractivity contribution is 5.89. The Morgan fingerprint density at radius 1 is 1.48 bits per heavy atom. The number of piperidine rings is 1. The highest BCUT2D eigenvalue weighted by Gasteiger charge is 2.16. The van der Waals surface area contributed by atoms with Gasteiger partial charge in [0.05, 0.1) is 5.69 Å². The second kappa shape index (κ2) is 7.41. The molecule has 2 rings (SSSR count). The maximum Gasteiger partial charge on any atom is 0.221 e. The molecule has 1 aliphatic heterocycles. The molecule has 1 saturated heterocycles. The SMILES string of the molecule is CC(=O)Nc1ccc(F)c(NC(C)CC2CCCCN2)c1. The molecule has 1 aromatic carbocycles. The van der Waals surface area contributed by atoms with Crippen LogP contribution in [0.1, 0.15) is 39.5 Å². The van der Waals surface area contributed by atoms with Gasteiger partial charge in [0.1, 0.15) is 5.82 Å². The van der Waals surface area contributed by atoms with Gasteiger partial charge in [-0.3, -0.25) is 4.79 Å². The first-order valence-corrected chi connectivity index (χ1v) is 7.61. The molecule has 1 fully saturated rings. The second-order valence-corrected chi connectivity index (χ2v) is 5.80. The van der Waals surface area contributed by atoms with E-state index >= 15 is 0 Å². The highest BCUT2D eigenvalue weighted by Crippen LogP contribution is 2.22. The Kier molecular flexibility index (Phi) is 5.56. The van der Waals surface area contributed by atoms with Gasteiger partial charge in [0, 0.05) is 24.7 Å². The molecular weight excluding hydrogens is 269 g/mol. The van der Waals surface area contributed by atoms with Crippen LogP contribution in [0.5, 0.6) is 0 Å². The normalized spacial score (nSPS) is 19.9. The molecular formula is C16H24FN3O. The molecule has 2 atom stereocenters.